The summed E-state index contributed by atoms with van der Waals surface area (Å²) in [7, 11) is 0. The van der Waals surface area contributed by atoms with Crippen LogP contribution < -0.4 is 5.56 Å². The molecule has 2 aromatic rings. The molecule has 0 fully saturated rings. The van der Waals surface area contributed by atoms with Crippen molar-refractivity contribution in [3.05, 3.63) is 49.8 Å². The zero-order chi connectivity index (χ0) is 13.3. The van der Waals surface area contributed by atoms with Gasteiger partial charge in [0, 0.05) is 5.56 Å². The molecule has 0 aliphatic rings. The first kappa shape index (κ1) is 13.0. The number of aromatic amines is 1. The van der Waals surface area contributed by atoms with E-state index in [1.54, 1.807) is 0 Å². The molecule has 2 rings (SSSR count). The number of H-pyrrole nitrogens is 1. The summed E-state index contributed by atoms with van der Waals surface area (Å²) in [4.78, 5) is 19.2. The first-order valence-corrected chi connectivity index (χ1v) is 6.68. The maximum atomic E-state index is 11.8. The Morgan fingerprint density at radius 1 is 1.33 bits per heavy atom. The molecule has 1 aromatic heterocycles. The van der Waals surface area contributed by atoms with Crippen LogP contribution >= 0.6 is 15.9 Å². The molecule has 0 amide bonds. The van der Waals surface area contributed by atoms with Crippen molar-refractivity contribution in [2.24, 2.45) is 0 Å². The van der Waals surface area contributed by atoms with Crippen LogP contribution in [0.1, 0.15) is 23.7 Å². The summed E-state index contributed by atoms with van der Waals surface area (Å²) in [5, 5.41) is 0. The summed E-state index contributed by atoms with van der Waals surface area (Å²) in [6, 6.07) is 6.11. The quantitative estimate of drug-likeness (QED) is 0.924. The maximum absolute atomic E-state index is 11.8. The zero-order valence-corrected chi connectivity index (χ0v) is 12.3. The molecule has 1 aromatic carbocycles. The number of rotatable bonds is 2. The number of hydrogen-bond donors (Lipinski definition) is 1. The normalized spacial score (nSPS) is 10.7. The Morgan fingerprint density at radius 2 is 2.06 bits per heavy atom. The van der Waals surface area contributed by atoms with Gasteiger partial charge in [0.1, 0.15) is 10.3 Å². The van der Waals surface area contributed by atoms with Crippen molar-refractivity contribution in [3.63, 3.8) is 0 Å². The van der Waals surface area contributed by atoms with Gasteiger partial charge in [-0.2, -0.15) is 0 Å². The van der Waals surface area contributed by atoms with Crippen LogP contribution in [0.4, 0.5) is 0 Å². The fourth-order valence-electron chi connectivity index (χ4n) is 1.95. The number of aromatic nitrogens is 2. The summed E-state index contributed by atoms with van der Waals surface area (Å²) in [6.45, 7) is 6.06. The first-order valence-electron chi connectivity index (χ1n) is 5.89. The third-order valence-electron chi connectivity index (χ3n) is 2.90. The van der Waals surface area contributed by atoms with E-state index in [1.165, 1.54) is 5.56 Å². The number of benzene rings is 1. The lowest BCUT2D eigenvalue weighted by Gasteiger charge is -2.08. The predicted molar refractivity (Wildman–Crippen MR) is 76.8 cm³/mol. The Labute approximate surface area is 114 Å². The molecule has 4 heteroatoms. The second kappa shape index (κ2) is 5.06. The van der Waals surface area contributed by atoms with E-state index >= 15 is 0 Å². The van der Waals surface area contributed by atoms with Crippen LogP contribution in [0.3, 0.4) is 0 Å². The van der Waals surface area contributed by atoms with Crippen molar-refractivity contribution in [2.75, 3.05) is 0 Å². The molecule has 0 radical (unpaired) electrons. The minimum absolute atomic E-state index is 0.128. The van der Waals surface area contributed by atoms with E-state index in [9.17, 15) is 4.79 Å². The molecule has 0 aliphatic heterocycles. The zero-order valence-electron chi connectivity index (χ0n) is 10.7. The SMILES string of the molecule is CCc1nc(-c2ccc(C)cc2C)[nH]c(=O)c1Br. The van der Waals surface area contributed by atoms with E-state index in [0.29, 0.717) is 10.3 Å². The average molecular weight is 307 g/mol. The molecule has 1 heterocycles. The van der Waals surface area contributed by atoms with E-state index in [1.807, 2.05) is 32.9 Å². The average Bonchev–Trinajstić information content (AvgIpc) is 2.32. The molecule has 1 N–H and O–H groups in total. The van der Waals surface area contributed by atoms with Crippen molar-refractivity contribution in [3.8, 4) is 11.4 Å². The number of hydrogen-bond acceptors (Lipinski definition) is 2. The predicted octanol–water partition coefficient (Wildman–Crippen LogP) is 3.38. The van der Waals surface area contributed by atoms with Gasteiger partial charge in [0.05, 0.1) is 5.69 Å². The van der Waals surface area contributed by atoms with Crippen molar-refractivity contribution in [1.82, 2.24) is 9.97 Å². The van der Waals surface area contributed by atoms with Gasteiger partial charge in [-0.3, -0.25) is 4.79 Å². The lowest BCUT2D eigenvalue weighted by atomic mass is 10.1. The lowest BCUT2D eigenvalue weighted by molar-refractivity contribution is 0.969. The van der Waals surface area contributed by atoms with Gasteiger partial charge in [-0.05, 0) is 41.8 Å². The van der Waals surface area contributed by atoms with Gasteiger partial charge >= 0.3 is 0 Å². The fraction of sp³-hybridized carbons (Fsp3) is 0.286. The number of halogens is 1. The first-order chi connectivity index (χ1) is 8.52. The summed E-state index contributed by atoms with van der Waals surface area (Å²) in [5.74, 6) is 0.637. The van der Waals surface area contributed by atoms with Gasteiger partial charge in [0.2, 0.25) is 0 Å². The van der Waals surface area contributed by atoms with E-state index < -0.39 is 0 Å². The summed E-state index contributed by atoms with van der Waals surface area (Å²) in [6.07, 6.45) is 0.725. The van der Waals surface area contributed by atoms with Gasteiger partial charge in [-0.15, -0.1) is 0 Å². The summed E-state index contributed by atoms with van der Waals surface area (Å²) >= 11 is 3.27. The molecule has 3 nitrogen and oxygen atoms in total. The smallest absolute Gasteiger partial charge is 0.265 e. The molecule has 18 heavy (non-hydrogen) atoms. The molecule has 0 atom stereocenters. The van der Waals surface area contributed by atoms with Crippen LogP contribution in [0.5, 0.6) is 0 Å². The highest BCUT2D eigenvalue weighted by atomic mass is 79.9. The molecule has 0 bridgehead atoms. The molecule has 0 saturated carbocycles. The molecular weight excluding hydrogens is 292 g/mol. The number of aryl methyl sites for hydroxylation is 3. The largest absolute Gasteiger partial charge is 0.306 e. The van der Waals surface area contributed by atoms with Gasteiger partial charge < -0.3 is 4.98 Å². The van der Waals surface area contributed by atoms with Gasteiger partial charge in [-0.1, -0.05) is 30.7 Å². The summed E-state index contributed by atoms with van der Waals surface area (Å²) in [5.41, 5.74) is 3.94. The lowest BCUT2D eigenvalue weighted by Crippen LogP contribution is -2.13. The monoisotopic (exact) mass is 306 g/mol. The van der Waals surface area contributed by atoms with Crippen molar-refractivity contribution < 1.29 is 0 Å². The Morgan fingerprint density at radius 3 is 2.67 bits per heavy atom. The molecule has 94 valence electrons. The molecule has 0 saturated heterocycles. The highest BCUT2D eigenvalue weighted by Crippen LogP contribution is 2.21. The number of nitrogens with one attached hydrogen (secondary N) is 1. The van der Waals surface area contributed by atoms with E-state index in [2.05, 4.69) is 32.0 Å². The topological polar surface area (TPSA) is 45.8 Å². The maximum Gasteiger partial charge on any atom is 0.265 e. The molecule has 0 aliphatic carbocycles. The molecular formula is C14H15BrN2O. The van der Waals surface area contributed by atoms with E-state index in [0.717, 1.165) is 23.2 Å². The Bertz CT molecular complexity index is 647. The van der Waals surface area contributed by atoms with Crippen LogP contribution in [0.2, 0.25) is 0 Å². The van der Waals surface area contributed by atoms with Gasteiger partial charge in [0.25, 0.3) is 5.56 Å². The third-order valence-corrected chi connectivity index (χ3v) is 3.72. The number of nitrogens with zero attached hydrogens (tertiary/aromatic N) is 1. The fourth-order valence-corrected chi connectivity index (χ4v) is 2.41. The summed E-state index contributed by atoms with van der Waals surface area (Å²) < 4.78 is 0.526. The molecule has 0 unspecified atom stereocenters. The minimum atomic E-state index is -0.128. The van der Waals surface area contributed by atoms with Crippen molar-refractivity contribution in [1.29, 1.82) is 0 Å². The Balaban J connectivity index is 2.64. The molecule has 0 spiro atoms. The van der Waals surface area contributed by atoms with Crippen LogP contribution in [-0.4, -0.2) is 9.97 Å². The van der Waals surface area contributed by atoms with Crippen molar-refractivity contribution >= 4 is 15.9 Å². The van der Waals surface area contributed by atoms with Crippen LogP contribution in [0.15, 0.2) is 27.5 Å². The van der Waals surface area contributed by atoms with E-state index in [4.69, 9.17) is 0 Å². The third kappa shape index (κ3) is 2.38. The van der Waals surface area contributed by atoms with Crippen LogP contribution in [-0.2, 0) is 6.42 Å². The van der Waals surface area contributed by atoms with Gasteiger partial charge in [-0.25, -0.2) is 4.98 Å². The van der Waals surface area contributed by atoms with E-state index in [-0.39, 0.29) is 5.56 Å². The standard InChI is InChI=1S/C14H15BrN2O/c1-4-11-12(15)14(18)17-13(16-11)10-6-5-8(2)7-9(10)3/h5-7H,4H2,1-3H3,(H,16,17,18). The highest BCUT2D eigenvalue weighted by Gasteiger charge is 2.10. The second-order valence-electron chi connectivity index (χ2n) is 4.35. The van der Waals surface area contributed by atoms with Crippen LogP contribution in [0, 0.1) is 13.8 Å². The minimum Gasteiger partial charge on any atom is -0.306 e. The second-order valence-corrected chi connectivity index (χ2v) is 5.14. The van der Waals surface area contributed by atoms with Crippen molar-refractivity contribution in [2.45, 2.75) is 27.2 Å². The highest BCUT2D eigenvalue weighted by molar-refractivity contribution is 9.10. The Hall–Kier alpha value is -1.42. The van der Waals surface area contributed by atoms with Gasteiger partial charge in [0.15, 0.2) is 0 Å². The Kier molecular flexibility index (Phi) is 3.66. The van der Waals surface area contributed by atoms with Crippen LogP contribution in [0.25, 0.3) is 11.4 Å².